The van der Waals surface area contributed by atoms with Gasteiger partial charge in [0.15, 0.2) is 0 Å². The van der Waals surface area contributed by atoms with Crippen LogP contribution in [0.25, 0.3) is 0 Å². The van der Waals surface area contributed by atoms with Gasteiger partial charge in [-0.05, 0) is 31.0 Å². The summed E-state index contributed by atoms with van der Waals surface area (Å²) in [4.78, 5) is 8.22. The van der Waals surface area contributed by atoms with Crippen molar-refractivity contribution in [1.82, 2.24) is 9.97 Å². The van der Waals surface area contributed by atoms with Crippen molar-refractivity contribution in [2.24, 2.45) is 0 Å². The maximum Gasteiger partial charge on any atom is 0.242 e. The molecule has 2 aromatic rings. The van der Waals surface area contributed by atoms with Gasteiger partial charge in [0.2, 0.25) is 11.8 Å². The van der Waals surface area contributed by atoms with E-state index in [9.17, 15) is 9.50 Å². The lowest BCUT2D eigenvalue weighted by atomic mass is 9.91. The first kappa shape index (κ1) is 15.2. The number of aromatic nitrogens is 2. The third-order valence-corrected chi connectivity index (χ3v) is 3.32. The fraction of sp³-hybridized carbons (Fsp3) is 0.333. The summed E-state index contributed by atoms with van der Waals surface area (Å²) in [7, 11) is 2.87. The van der Waals surface area contributed by atoms with Gasteiger partial charge in [-0.1, -0.05) is 12.1 Å². The average molecular weight is 292 g/mol. The first-order valence-electron chi connectivity index (χ1n) is 6.34. The smallest absolute Gasteiger partial charge is 0.242 e. The van der Waals surface area contributed by atoms with E-state index in [1.165, 1.54) is 33.4 Å². The van der Waals surface area contributed by atoms with E-state index in [4.69, 9.17) is 9.47 Å². The summed E-state index contributed by atoms with van der Waals surface area (Å²) in [6.45, 7) is 3.16. The molecule has 0 saturated carbocycles. The Balaban J connectivity index is 2.54. The molecule has 0 saturated heterocycles. The minimum atomic E-state index is -1.54. The molecule has 1 N–H and O–H groups in total. The number of hydrogen-bond acceptors (Lipinski definition) is 5. The molecule has 6 heteroatoms. The summed E-state index contributed by atoms with van der Waals surface area (Å²) in [5.41, 5.74) is -0.487. The molecule has 0 bridgehead atoms. The molecule has 0 aliphatic rings. The molecule has 1 unspecified atom stereocenters. The molecule has 21 heavy (non-hydrogen) atoms. The highest BCUT2D eigenvalue weighted by atomic mass is 19.1. The van der Waals surface area contributed by atoms with E-state index in [0.29, 0.717) is 11.1 Å². The fourth-order valence-corrected chi connectivity index (χ4v) is 1.96. The van der Waals surface area contributed by atoms with Crippen molar-refractivity contribution in [2.45, 2.75) is 19.4 Å². The molecule has 2 rings (SSSR count). The molecule has 1 atom stereocenters. The van der Waals surface area contributed by atoms with Gasteiger partial charge in [-0.2, -0.15) is 4.98 Å². The van der Waals surface area contributed by atoms with Crippen molar-refractivity contribution in [3.63, 3.8) is 0 Å². The van der Waals surface area contributed by atoms with Crippen LogP contribution < -0.4 is 9.47 Å². The number of benzene rings is 1. The Morgan fingerprint density at radius 2 is 1.95 bits per heavy atom. The van der Waals surface area contributed by atoms with Crippen LogP contribution in [-0.4, -0.2) is 29.3 Å². The molecule has 0 radical (unpaired) electrons. The van der Waals surface area contributed by atoms with Gasteiger partial charge in [0.05, 0.1) is 20.4 Å². The molecule has 5 nitrogen and oxygen atoms in total. The molecule has 1 aromatic carbocycles. The summed E-state index contributed by atoms with van der Waals surface area (Å²) in [6.07, 6.45) is 1.37. The van der Waals surface area contributed by atoms with Crippen LogP contribution in [0.2, 0.25) is 0 Å². The molecule has 0 aliphatic carbocycles. The minimum Gasteiger partial charge on any atom is -0.480 e. The quantitative estimate of drug-likeness (QED) is 0.936. The van der Waals surface area contributed by atoms with E-state index < -0.39 is 11.4 Å². The van der Waals surface area contributed by atoms with Crippen LogP contribution in [0.1, 0.15) is 23.7 Å². The van der Waals surface area contributed by atoms with Gasteiger partial charge in [0, 0.05) is 0 Å². The van der Waals surface area contributed by atoms with Crippen molar-refractivity contribution >= 4 is 0 Å². The first-order chi connectivity index (χ1) is 9.90. The van der Waals surface area contributed by atoms with E-state index in [1.807, 2.05) is 0 Å². The number of rotatable bonds is 4. The van der Waals surface area contributed by atoms with Gasteiger partial charge in [0.1, 0.15) is 17.1 Å². The van der Waals surface area contributed by atoms with Crippen LogP contribution in [0.4, 0.5) is 4.39 Å². The maximum atomic E-state index is 13.7. The van der Waals surface area contributed by atoms with Gasteiger partial charge >= 0.3 is 0 Å². The van der Waals surface area contributed by atoms with E-state index in [1.54, 1.807) is 19.1 Å². The van der Waals surface area contributed by atoms with Crippen molar-refractivity contribution in [3.8, 4) is 11.8 Å². The lowest BCUT2D eigenvalue weighted by Gasteiger charge is -2.24. The lowest BCUT2D eigenvalue weighted by Crippen LogP contribution is -2.26. The van der Waals surface area contributed by atoms with Crippen molar-refractivity contribution in [1.29, 1.82) is 0 Å². The third kappa shape index (κ3) is 2.80. The number of ether oxygens (including phenoxy) is 2. The van der Waals surface area contributed by atoms with Crippen LogP contribution in [0.5, 0.6) is 11.8 Å². The predicted octanol–water partition coefficient (Wildman–Crippen LogP) is 2.20. The third-order valence-electron chi connectivity index (χ3n) is 3.32. The molecular weight excluding hydrogens is 275 g/mol. The van der Waals surface area contributed by atoms with E-state index >= 15 is 0 Å². The number of aryl methyl sites for hydroxylation is 1. The van der Waals surface area contributed by atoms with Crippen molar-refractivity contribution in [2.75, 3.05) is 14.2 Å². The molecule has 0 aliphatic heterocycles. The standard InChI is InChI=1S/C15H17FN2O3/c1-9-5-6-10(7-11(9)16)15(2,19)13-14(21-4)18-12(20-3)8-17-13/h5-8,19H,1-4H3. The van der Waals surface area contributed by atoms with Crippen molar-refractivity contribution < 1.29 is 19.0 Å². The summed E-state index contributed by atoms with van der Waals surface area (Å²) in [5.74, 6) is -0.00460. The monoisotopic (exact) mass is 292 g/mol. The Morgan fingerprint density at radius 1 is 1.24 bits per heavy atom. The zero-order chi connectivity index (χ0) is 15.6. The Bertz CT molecular complexity index is 659. The van der Waals surface area contributed by atoms with Crippen LogP contribution >= 0.6 is 0 Å². The summed E-state index contributed by atoms with van der Waals surface area (Å²) in [6, 6.07) is 4.52. The number of aliphatic hydroxyl groups is 1. The average Bonchev–Trinajstić information content (AvgIpc) is 2.49. The molecule has 0 spiro atoms. The second-order valence-corrected chi connectivity index (χ2v) is 4.81. The van der Waals surface area contributed by atoms with Crippen LogP contribution in [-0.2, 0) is 5.60 Å². The highest BCUT2D eigenvalue weighted by Gasteiger charge is 2.32. The van der Waals surface area contributed by atoms with Gasteiger partial charge < -0.3 is 14.6 Å². The Kier molecular flexibility index (Phi) is 4.09. The first-order valence-corrected chi connectivity index (χ1v) is 6.34. The van der Waals surface area contributed by atoms with Crippen LogP contribution in [0.3, 0.4) is 0 Å². The predicted molar refractivity (Wildman–Crippen MR) is 74.9 cm³/mol. The number of nitrogens with zero attached hydrogens (tertiary/aromatic N) is 2. The van der Waals surface area contributed by atoms with Gasteiger partial charge in [-0.25, -0.2) is 9.37 Å². The lowest BCUT2D eigenvalue weighted by molar-refractivity contribution is 0.0922. The largest absolute Gasteiger partial charge is 0.480 e. The Hall–Kier alpha value is -2.21. The SMILES string of the molecule is COc1cnc(C(C)(O)c2ccc(C)c(F)c2)c(OC)n1. The second-order valence-electron chi connectivity index (χ2n) is 4.81. The normalized spacial score (nSPS) is 13.6. The van der Waals surface area contributed by atoms with Gasteiger partial charge in [-0.3, -0.25) is 0 Å². The molecule has 112 valence electrons. The molecule has 1 heterocycles. The highest BCUT2D eigenvalue weighted by Crippen LogP contribution is 2.34. The Morgan fingerprint density at radius 3 is 2.52 bits per heavy atom. The highest BCUT2D eigenvalue weighted by molar-refractivity contribution is 5.38. The molecule has 0 fully saturated rings. The summed E-state index contributed by atoms with van der Waals surface area (Å²) >= 11 is 0. The van der Waals surface area contributed by atoms with Crippen LogP contribution in [0.15, 0.2) is 24.4 Å². The zero-order valence-electron chi connectivity index (χ0n) is 12.3. The van der Waals surface area contributed by atoms with E-state index in [0.717, 1.165) is 0 Å². The topological polar surface area (TPSA) is 64.5 Å². The van der Waals surface area contributed by atoms with E-state index in [2.05, 4.69) is 9.97 Å². The zero-order valence-corrected chi connectivity index (χ0v) is 12.3. The fourth-order valence-electron chi connectivity index (χ4n) is 1.96. The van der Waals surface area contributed by atoms with Crippen LogP contribution in [0, 0.1) is 12.7 Å². The minimum absolute atomic E-state index is 0.125. The number of hydrogen-bond donors (Lipinski definition) is 1. The molecule has 1 aromatic heterocycles. The van der Waals surface area contributed by atoms with Gasteiger partial charge in [0.25, 0.3) is 0 Å². The van der Waals surface area contributed by atoms with E-state index in [-0.39, 0.29) is 17.5 Å². The molecular formula is C15H17FN2O3. The van der Waals surface area contributed by atoms with Crippen molar-refractivity contribution in [3.05, 3.63) is 47.0 Å². The number of methoxy groups -OCH3 is 2. The Labute approximate surface area is 122 Å². The maximum absolute atomic E-state index is 13.7. The van der Waals surface area contributed by atoms with Gasteiger partial charge in [-0.15, -0.1) is 0 Å². The number of halogens is 1. The summed E-state index contributed by atoms with van der Waals surface area (Å²) < 4.78 is 23.8. The summed E-state index contributed by atoms with van der Waals surface area (Å²) in [5, 5.41) is 10.8. The second kappa shape index (κ2) is 5.65. The molecule has 0 amide bonds.